The summed E-state index contributed by atoms with van der Waals surface area (Å²) >= 11 is 0. The lowest BCUT2D eigenvalue weighted by molar-refractivity contribution is -0.132. The van der Waals surface area contributed by atoms with Crippen molar-refractivity contribution in [3.8, 4) is 0 Å². The van der Waals surface area contributed by atoms with Crippen LogP contribution < -0.4 is 5.32 Å². The van der Waals surface area contributed by atoms with E-state index in [-0.39, 0.29) is 11.9 Å². The second kappa shape index (κ2) is 5.79. The van der Waals surface area contributed by atoms with E-state index >= 15 is 0 Å². The molecule has 1 saturated heterocycles. The number of hydrogen-bond acceptors (Lipinski definition) is 4. The molecule has 1 aromatic heterocycles. The summed E-state index contributed by atoms with van der Waals surface area (Å²) in [5.74, 6) is 1.70. The van der Waals surface area contributed by atoms with Crippen LogP contribution in [0.2, 0.25) is 0 Å². The number of nitrogens with zero attached hydrogens (tertiary/aromatic N) is 2. The van der Waals surface area contributed by atoms with Crippen LogP contribution in [0.5, 0.6) is 0 Å². The normalized spacial score (nSPS) is 28.4. The van der Waals surface area contributed by atoms with E-state index in [0.29, 0.717) is 18.5 Å². The van der Waals surface area contributed by atoms with Crippen molar-refractivity contribution in [2.75, 3.05) is 7.05 Å². The lowest BCUT2D eigenvalue weighted by Crippen LogP contribution is -2.43. The molecule has 2 aliphatic rings. The van der Waals surface area contributed by atoms with Crippen molar-refractivity contribution in [2.45, 2.75) is 64.6 Å². The first-order chi connectivity index (χ1) is 10.1. The molecule has 2 heterocycles. The summed E-state index contributed by atoms with van der Waals surface area (Å²) in [5, 5.41) is 7.51. The van der Waals surface area contributed by atoms with Crippen molar-refractivity contribution in [3.63, 3.8) is 0 Å². The predicted octanol–water partition coefficient (Wildman–Crippen LogP) is 2.17. The Kier molecular flexibility index (Phi) is 4.02. The van der Waals surface area contributed by atoms with Crippen LogP contribution in [0.25, 0.3) is 0 Å². The van der Waals surface area contributed by atoms with Crippen molar-refractivity contribution in [1.29, 1.82) is 0 Å². The average molecular weight is 291 g/mol. The van der Waals surface area contributed by atoms with Crippen LogP contribution in [0.4, 0.5) is 0 Å². The number of carbonyl (C=O) groups excluding carboxylic acids is 1. The fourth-order valence-electron chi connectivity index (χ4n) is 3.82. The topological polar surface area (TPSA) is 58.4 Å². The van der Waals surface area contributed by atoms with Gasteiger partial charge in [0.15, 0.2) is 0 Å². The van der Waals surface area contributed by atoms with Gasteiger partial charge in [0.2, 0.25) is 5.91 Å². The van der Waals surface area contributed by atoms with Crippen molar-refractivity contribution in [2.24, 2.45) is 5.92 Å². The number of likely N-dealkylation sites (N-methyl/N-ethyl adjacent to an activating group) is 1. The van der Waals surface area contributed by atoms with Crippen LogP contribution in [0.15, 0.2) is 4.52 Å². The third-order valence-electron chi connectivity index (χ3n) is 5.11. The standard InChI is InChI=1S/C16H25N3O2/c1-10-13(11(2)21-18-10)9-19(3)16(20)15-8-12-6-4-5-7-14(12)17-15/h12,14-15,17H,4-9H2,1-3H3/t12-,14+,15+/m1/s1. The minimum absolute atomic E-state index is 0.0106. The van der Waals surface area contributed by atoms with Gasteiger partial charge in [0, 0.05) is 18.7 Å². The predicted molar refractivity (Wildman–Crippen MR) is 79.7 cm³/mol. The Morgan fingerprint density at radius 2 is 2.14 bits per heavy atom. The van der Waals surface area contributed by atoms with E-state index < -0.39 is 0 Å². The highest BCUT2D eigenvalue weighted by molar-refractivity contribution is 5.82. The summed E-state index contributed by atoms with van der Waals surface area (Å²) < 4.78 is 5.17. The van der Waals surface area contributed by atoms with E-state index in [1.807, 2.05) is 25.8 Å². The Hall–Kier alpha value is -1.36. The van der Waals surface area contributed by atoms with Crippen molar-refractivity contribution in [3.05, 3.63) is 17.0 Å². The Morgan fingerprint density at radius 1 is 1.38 bits per heavy atom. The number of fused-ring (bicyclic) bond motifs is 1. The molecule has 2 fully saturated rings. The minimum atomic E-state index is -0.0106. The van der Waals surface area contributed by atoms with Crippen molar-refractivity contribution in [1.82, 2.24) is 15.4 Å². The molecule has 0 unspecified atom stereocenters. The van der Waals surface area contributed by atoms with Gasteiger partial charge in [0.05, 0.1) is 18.3 Å². The zero-order valence-electron chi connectivity index (χ0n) is 13.2. The van der Waals surface area contributed by atoms with Gasteiger partial charge in [-0.05, 0) is 39.0 Å². The Labute approximate surface area is 126 Å². The molecular weight excluding hydrogens is 266 g/mol. The van der Waals surface area contributed by atoms with Crippen LogP contribution >= 0.6 is 0 Å². The SMILES string of the molecule is Cc1noc(C)c1CN(C)C(=O)[C@@H]1C[C@H]2CCCC[C@@H]2N1. The van der Waals surface area contributed by atoms with Gasteiger partial charge in [-0.25, -0.2) is 0 Å². The van der Waals surface area contributed by atoms with Gasteiger partial charge in [0.1, 0.15) is 5.76 Å². The van der Waals surface area contributed by atoms with Crippen LogP contribution in [-0.4, -0.2) is 35.1 Å². The quantitative estimate of drug-likeness (QED) is 0.927. The smallest absolute Gasteiger partial charge is 0.239 e. The maximum Gasteiger partial charge on any atom is 0.239 e. The van der Waals surface area contributed by atoms with Crippen molar-refractivity contribution >= 4 is 5.91 Å². The molecule has 1 aliphatic heterocycles. The summed E-state index contributed by atoms with van der Waals surface area (Å²) in [7, 11) is 1.87. The number of hydrogen-bond donors (Lipinski definition) is 1. The largest absolute Gasteiger partial charge is 0.361 e. The molecule has 1 saturated carbocycles. The second-order valence-electron chi connectivity index (χ2n) is 6.60. The monoisotopic (exact) mass is 291 g/mol. The van der Waals surface area contributed by atoms with Gasteiger partial charge in [0.25, 0.3) is 0 Å². The highest BCUT2D eigenvalue weighted by Crippen LogP contribution is 2.33. The summed E-state index contributed by atoms with van der Waals surface area (Å²) in [6.45, 7) is 4.40. The number of aryl methyl sites for hydroxylation is 2. The molecule has 5 heteroatoms. The van der Waals surface area contributed by atoms with Gasteiger partial charge in [-0.2, -0.15) is 0 Å². The molecule has 0 aromatic carbocycles. The zero-order chi connectivity index (χ0) is 15.0. The lowest BCUT2D eigenvalue weighted by atomic mass is 9.85. The fourth-order valence-corrected chi connectivity index (χ4v) is 3.82. The molecular formula is C16H25N3O2. The molecule has 0 radical (unpaired) electrons. The number of amides is 1. The van der Waals surface area contributed by atoms with E-state index in [2.05, 4.69) is 10.5 Å². The maximum absolute atomic E-state index is 12.6. The van der Waals surface area contributed by atoms with E-state index in [0.717, 1.165) is 23.4 Å². The third kappa shape index (κ3) is 2.84. The highest BCUT2D eigenvalue weighted by atomic mass is 16.5. The van der Waals surface area contributed by atoms with E-state index in [4.69, 9.17) is 4.52 Å². The van der Waals surface area contributed by atoms with Gasteiger partial charge < -0.3 is 14.7 Å². The molecule has 0 bridgehead atoms. The first kappa shape index (κ1) is 14.6. The van der Waals surface area contributed by atoms with Crippen LogP contribution in [0.1, 0.15) is 49.1 Å². The van der Waals surface area contributed by atoms with Gasteiger partial charge in [-0.15, -0.1) is 0 Å². The molecule has 1 aliphatic carbocycles. The highest BCUT2D eigenvalue weighted by Gasteiger charge is 2.39. The van der Waals surface area contributed by atoms with Crippen LogP contribution in [0, 0.1) is 19.8 Å². The number of carbonyl (C=O) groups is 1. The number of rotatable bonds is 3. The van der Waals surface area contributed by atoms with E-state index in [1.54, 1.807) is 0 Å². The molecule has 3 rings (SSSR count). The molecule has 0 spiro atoms. The number of aromatic nitrogens is 1. The molecule has 1 amide bonds. The first-order valence-corrected chi connectivity index (χ1v) is 7.99. The Bertz CT molecular complexity index is 492. The first-order valence-electron chi connectivity index (χ1n) is 7.99. The zero-order valence-corrected chi connectivity index (χ0v) is 13.2. The Balaban J connectivity index is 1.63. The van der Waals surface area contributed by atoms with Crippen LogP contribution in [-0.2, 0) is 11.3 Å². The molecule has 116 valence electrons. The molecule has 3 atom stereocenters. The lowest BCUT2D eigenvalue weighted by Gasteiger charge is -2.24. The molecule has 1 aromatic rings. The number of nitrogens with one attached hydrogen (secondary N) is 1. The minimum Gasteiger partial charge on any atom is -0.361 e. The van der Waals surface area contributed by atoms with Gasteiger partial charge in [-0.3, -0.25) is 4.79 Å². The summed E-state index contributed by atoms with van der Waals surface area (Å²) in [4.78, 5) is 14.5. The molecule has 21 heavy (non-hydrogen) atoms. The summed E-state index contributed by atoms with van der Waals surface area (Å²) in [6.07, 6.45) is 6.11. The van der Waals surface area contributed by atoms with Crippen molar-refractivity contribution < 1.29 is 9.32 Å². The second-order valence-corrected chi connectivity index (χ2v) is 6.60. The van der Waals surface area contributed by atoms with Gasteiger partial charge in [-0.1, -0.05) is 18.0 Å². The van der Waals surface area contributed by atoms with Gasteiger partial charge >= 0.3 is 0 Å². The van der Waals surface area contributed by atoms with Crippen LogP contribution in [0.3, 0.4) is 0 Å². The fraction of sp³-hybridized carbons (Fsp3) is 0.750. The maximum atomic E-state index is 12.6. The third-order valence-corrected chi connectivity index (χ3v) is 5.11. The summed E-state index contributed by atoms with van der Waals surface area (Å²) in [5.41, 5.74) is 1.90. The van der Waals surface area contributed by atoms with E-state index in [1.165, 1.54) is 25.7 Å². The Morgan fingerprint density at radius 3 is 2.81 bits per heavy atom. The molecule has 1 N–H and O–H groups in total. The van der Waals surface area contributed by atoms with E-state index in [9.17, 15) is 4.79 Å². The average Bonchev–Trinajstić information content (AvgIpc) is 3.04. The molecule has 5 nitrogen and oxygen atoms in total. The summed E-state index contributed by atoms with van der Waals surface area (Å²) in [6, 6.07) is 0.545.